The number of imidazole rings is 2. The second-order valence-electron chi connectivity index (χ2n) is 12.4. The molecule has 0 N–H and O–H groups in total. The molecule has 0 aliphatic carbocycles. The number of halogens is 1. The lowest BCUT2D eigenvalue weighted by molar-refractivity contribution is 0.0207. The summed E-state index contributed by atoms with van der Waals surface area (Å²) in [5.41, 5.74) is 7.73. The SMILES string of the molecule is CCCc1nc2c(C)cc(-c3nc4cc(F)ccc4n3C)cc2n1Cc1ccc(-c2ccccc2OC(=O)OC(C)(C)C)cc1. The van der Waals surface area contributed by atoms with Crippen LogP contribution in [0.2, 0.25) is 0 Å². The van der Waals surface area contributed by atoms with E-state index in [4.69, 9.17) is 19.4 Å². The minimum absolute atomic E-state index is 0.300. The van der Waals surface area contributed by atoms with Crippen molar-refractivity contribution < 1.29 is 18.7 Å². The van der Waals surface area contributed by atoms with Crippen LogP contribution in [0, 0.1) is 12.7 Å². The first-order valence-corrected chi connectivity index (χ1v) is 15.2. The smallest absolute Gasteiger partial charge is 0.428 e. The summed E-state index contributed by atoms with van der Waals surface area (Å²) in [4.78, 5) is 22.2. The summed E-state index contributed by atoms with van der Waals surface area (Å²) >= 11 is 0. The van der Waals surface area contributed by atoms with E-state index < -0.39 is 11.8 Å². The van der Waals surface area contributed by atoms with Gasteiger partial charge in [0.2, 0.25) is 0 Å². The van der Waals surface area contributed by atoms with Crippen LogP contribution in [0.3, 0.4) is 0 Å². The summed E-state index contributed by atoms with van der Waals surface area (Å²) in [7, 11) is 1.96. The molecule has 4 aromatic carbocycles. The van der Waals surface area contributed by atoms with Crippen LogP contribution in [-0.2, 0) is 24.8 Å². The van der Waals surface area contributed by atoms with E-state index in [9.17, 15) is 9.18 Å². The third kappa shape index (κ3) is 6.18. The standard InChI is InChI=1S/C37H37FN4O3/c1-7-10-33-40-34-23(2)19-26(35-39-29-21-27(38)17-18-30(29)41(35)6)20-31(34)42(33)22-24-13-15-25(16-14-24)28-11-8-9-12-32(28)44-36(43)45-37(3,4)5/h8-9,11-21H,7,10,22H2,1-6H3. The number of ether oxygens (including phenoxy) is 2. The maximum absolute atomic E-state index is 13.9. The molecule has 0 saturated carbocycles. The van der Waals surface area contributed by atoms with Crippen molar-refractivity contribution in [2.24, 2.45) is 7.05 Å². The van der Waals surface area contributed by atoms with Crippen molar-refractivity contribution in [1.29, 1.82) is 0 Å². The fourth-order valence-corrected chi connectivity index (χ4v) is 5.72. The number of carbonyl (C=O) groups excluding carboxylic acids is 1. The third-order valence-corrected chi connectivity index (χ3v) is 7.77. The molecule has 8 heteroatoms. The van der Waals surface area contributed by atoms with Crippen molar-refractivity contribution >= 4 is 28.2 Å². The third-order valence-electron chi connectivity index (χ3n) is 7.77. The molecule has 45 heavy (non-hydrogen) atoms. The van der Waals surface area contributed by atoms with Gasteiger partial charge in [0.15, 0.2) is 0 Å². The number of aromatic nitrogens is 4. The highest BCUT2D eigenvalue weighted by atomic mass is 19.1. The Morgan fingerprint density at radius 3 is 2.40 bits per heavy atom. The molecule has 0 amide bonds. The molecule has 2 aromatic heterocycles. The fraction of sp³-hybridized carbons (Fsp3) is 0.270. The summed E-state index contributed by atoms with van der Waals surface area (Å²) in [6.45, 7) is 10.3. The van der Waals surface area contributed by atoms with Gasteiger partial charge in [0.1, 0.15) is 28.8 Å². The van der Waals surface area contributed by atoms with Crippen LogP contribution in [0.4, 0.5) is 9.18 Å². The predicted octanol–water partition coefficient (Wildman–Crippen LogP) is 9.02. The van der Waals surface area contributed by atoms with Crippen LogP contribution >= 0.6 is 0 Å². The summed E-state index contributed by atoms with van der Waals surface area (Å²) in [6.07, 6.45) is 1.09. The molecular formula is C37H37FN4O3. The van der Waals surface area contributed by atoms with Gasteiger partial charge in [-0.25, -0.2) is 19.2 Å². The minimum atomic E-state index is -0.734. The van der Waals surface area contributed by atoms with E-state index in [-0.39, 0.29) is 5.82 Å². The molecule has 0 atom stereocenters. The number of benzene rings is 4. The molecular weight excluding hydrogens is 567 g/mol. The Morgan fingerprint density at radius 1 is 0.911 bits per heavy atom. The Morgan fingerprint density at radius 2 is 1.67 bits per heavy atom. The van der Waals surface area contributed by atoms with Crippen LogP contribution in [0.1, 0.15) is 51.1 Å². The first kappa shape index (κ1) is 30.1. The molecule has 2 heterocycles. The second-order valence-corrected chi connectivity index (χ2v) is 12.4. The van der Waals surface area contributed by atoms with E-state index in [0.717, 1.165) is 68.9 Å². The van der Waals surface area contributed by atoms with Gasteiger partial charge in [0.25, 0.3) is 0 Å². The van der Waals surface area contributed by atoms with Crippen molar-refractivity contribution in [3.63, 3.8) is 0 Å². The number of aryl methyl sites for hydroxylation is 3. The van der Waals surface area contributed by atoms with Crippen molar-refractivity contribution in [3.8, 4) is 28.3 Å². The van der Waals surface area contributed by atoms with Crippen molar-refractivity contribution in [1.82, 2.24) is 19.1 Å². The molecule has 6 rings (SSSR count). The van der Waals surface area contributed by atoms with Gasteiger partial charge in [0.05, 0.1) is 22.1 Å². The number of rotatable bonds is 7. The molecule has 0 radical (unpaired) electrons. The van der Waals surface area contributed by atoms with E-state index >= 15 is 0 Å². The average molecular weight is 605 g/mol. The zero-order valence-corrected chi connectivity index (χ0v) is 26.5. The van der Waals surface area contributed by atoms with Gasteiger partial charge in [-0.05, 0) is 81.1 Å². The highest BCUT2D eigenvalue weighted by molar-refractivity contribution is 5.87. The average Bonchev–Trinajstić information content (AvgIpc) is 3.49. The fourth-order valence-electron chi connectivity index (χ4n) is 5.72. The Hall–Kier alpha value is -4.98. The Bertz CT molecular complexity index is 2030. The van der Waals surface area contributed by atoms with Gasteiger partial charge in [-0.15, -0.1) is 0 Å². The molecule has 0 aliphatic heterocycles. The van der Waals surface area contributed by atoms with Crippen LogP contribution < -0.4 is 4.74 Å². The van der Waals surface area contributed by atoms with Crippen molar-refractivity contribution in [2.75, 3.05) is 0 Å². The van der Waals surface area contributed by atoms with Gasteiger partial charge in [-0.2, -0.15) is 0 Å². The maximum Gasteiger partial charge on any atom is 0.514 e. The largest absolute Gasteiger partial charge is 0.514 e. The van der Waals surface area contributed by atoms with Gasteiger partial charge < -0.3 is 18.6 Å². The van der Waals surface area contributed by atoms with Gasteiger partial charge in [0, 0.05) is 37.2 Å². The van der Waals surface area contributed by atoms with Crippen LogP contribution in [-0.4, -0.2) is 30.9 Å². The van der Waals surface area contributed by atoms with Gasteiger partial charge in [-0.3, -0.25) is 0 Å². The highest BCUT2D eigenvalue weighted by Crippen LogP contribution is 2.33. The molecule has 0 unspecified atom stereocenters. The number of para-hydroxylation sites is 1. The molecule has 0 fully saturated rings. The van der Waals surface area contributed by atoms with E-state index in [2.05, 4.69) is 42.7 Å². The molecule has 230 valence electrons. The zero-order valence-electron chi connectivity index (χ0n) is 26.5. The van der Waals surface area contributed by atoms with E-state index in [1.165, 1.54) is 12.1 Å². The number of carbonyl (C=O) groups is 1. The Kier molecular flexibility index (Phi) is 7.91. The number of hydrogen-bond acceptors (Lipinski definition) is 5. The summed E-state index contributed by atoms with van der Waals surface area (Å²) in [5, 5.41) is 0. The number of hydrogen-bond donors (Lipinski definition) is 0. The lowest BCUT2D eigenvalue weighted by Crippen LogP contribution is -2.26. The van der Waals surface area contributed by atoms with E-state index in [0.29, 0.717) is 17.8 Å². The molecule has 0 spiro atoms. The quantitative estimate of drug-likeness (QED) is 0.134. The number of fused-ring (bicyclic) bond motifs is 2. The minimum Gasteiger partial charge on any atom is -0.428 e. The number of nitrogens with zero attached hydrogens (tertiary/aromatic N) is 4. The van der Waals surface area contributed by atoms with Crippen LogP contribution in [0.5, 0.6) is 5.75 Å². The lowest BCUT2D eigenvalue weighted by atomic mass is 10.0. The summed E-state index contributed by atoms with van der Waals surface area (Å²) in [5.74, 6) is 1.95. The summed E-state index contributed by atoms with van der Waals surface area (Å²) in [6, 6.07) is 24.7. The Balaban J connectivity index is 1.34. The van der Waals surface area contributed by atoms with Crippen LogP contribution in [0.25, 0.3) is 44.6 Å². The van der Waals surface area contributed by atoms with Crippen LogP contribution in [0.15, 0.2) is 78.9 Å². The monoisotopic (exact) mass is 604 g/mol. The predicted molar refractivity (Wildman–Crippen MR) is 176 cm³/mol. The topological polar surface area (TPSA) is 71.2 Å². The summed E-state index contributed by atoms with van der Waals surface area (Å²) < 4.78 is 29.2. The Labute approximate surface area is 262 Å². The second kappa shape index (κ2) is 11.8. The molecule has 0 saturated heterocycles. The van der Waals surface area contributed by atoms with Gasteiger partial charge in [-0.1, -0.05) is 49.4 Å². The van der Waals surface area contributed by atoms with E-state index in [1.807, 2.05) is 41.9 Å². The first-order chi connectivity index (χ1) is 21.5. The normalized spacial score (nSPS) is 11.8. The molecule has 0 bridgehead atoms. The van der Waals surface area contributed by atoms with Crippen molar-refractivity contribution in [2.45, 2.75) is 59.6 Å². The lowest BCUT2D eigenvalue weighted by Gasteiger charge is -2.19. The van der Waals surface area contributed by atoms with Gasteiger partial charge >= 0.3 is 6.16 Å². The highest BCUT2D eigenvalue weighted by Gasteiger charge is 2.20. The molecule has 6 aromatic rings. The zero-order chi connectivity index (χ0) is 31.9. The maximum atomic E-state index is 13.9. The first-order valence-electron chi connectivity index (χ1n) is 15.2. The van der Waals surface area contributed by atoms with E-state index in [1.54, 1.807) is 32.9 Å². The molecule has 7 nitrogen and oxygen atoms in total. The molecule has 0 aliphatic rings. The van der Waals surface area contributed by atoms with Crippen molar-refractivity contribution in [3.05, 3.63) is 102 Å².